The molecule has 0 aliphatic rings. The highest BCUT2D eigenvalue weighted by atomic mass is 32.2. The molecule has 2 aromatic carbocycles. The van der Waals surface area contributed by atoms with Crippen LogP contribution in [-0.2, 0) is 4.79 Å². The molecule has 0 saturated carbocycles. The minimum atomic E-state index is 0.00701. The van der Waals surface area contributed by atoms with E-state index < -0.39 is 0 Å². The Bertz CT molecular complexity index is 704. The molecule has 1 unspecified atom stereocenters. The topological polar surface area (TPSA) is 50.8 Å². The fourth-order valence-corrected chi connectivity index (χ4v) is 3.32. The van der Waals surface area contributed by atoms with Gasteiger partial charge in [0.05, 0.1) is 26.0 Å². The van der Waals surface area contributed by atoms with Crippen LogP contribution in [0, 0.1) is 0 Å². The number of rotatable bonds is 9. The van der Waals surface area contributed by atoms with Crippen molar-refractivity contribution < 1.29 is 14.3 Å². The quantitative estimate of drug-likeness (QED) is 0.683. The first-order valence-corrected chi connectivity index (χ1v) is 9.36. The predicted octanol–water partition coefficient (Wildman–Crippen LogP) is 3.22. The van der Waals surface area contributed by atoms with Crippen molar-refractivity contribution in [1.82, 2.24) is 10.2 Å². The molecule has 0 fully saturated rings. The number of carbonyl (C=O) groups excluding carboxylic acids is 1. The van der Waals surface area contributed by atoms with E-state index in [0.29, 0.717) is 12.3 Å². The number of likely N-dealkylation sites (N-methyl/N-ethyl adjacent to an activating group) is 1. The van der Waals surface area contributed by atoms with Crippen LogP contribution in [0.1, 0.15) is 11.6 Å². The fraction of sp³-hybridized carbons (Fsp3) is 0.350. The van der Waals surface area contributed by atoms with E-state index in [1.807, 2.05) is 62.6 Å². The molecule has 140 valence electrons. The zero-order chi connectivity index (χ0) is 18.9. The van der Waals surface area contributed by atoms with Crippen LogP contribution >= 0.6 is 11.8 Å². The maximum atomic E-state index is 12.2. The van der Waals surface area contributed by atoms with Crippen molar-refractivity contribution in [1.29, 1.82) is 0 Å². The Kier molecular flexibility index (Phi) is 7.81. The van der Waals surface area contributed by atoms with E-state index in [1.54, 1.807) is 14.2 Å². The highest BCUT2D eigenvalue weighted by Gasteiger charge is 2.19. The molecule has 5 nitrogen and oxygen atoms in total. The minimum absolute atomic E-state index is 0.00701. The van der Waals surface area contributed by atoms with Crippen LogP contribution in [0.2, 0.25) is 0 Å². The van der Waals surface area contributed by atoms with Crippen molar-refractivity contribution in [2.24, 2.45) is 0 Å². The second-order valence-electron chi connectivity index (χ2n) is 5.99. The van der Waals surface area contributed by atoms with E-state index >= 15 is 0 Å². The maximum absolute atomic E-state index is 12.2. The third-order valence-corrected chi connectivity index (χ3v) is 5.06. The number of methoxy groups -OCH3 is 2. The van der Waals surface area contributed by atoms with Gasteiger partial charge in [-0.3, -0.25) is 4.79 Å². The predicted molar refractivity (Wildman–Crippen MR) is 106 cm³/mol. The Labute approximate surface area is 159 Å². The summed E-state index contributed by atoms with van der Waals surface area (Å²) < 4.78 is 10.6. The monoisotopic (exact) mass is 374 g/mol. The normalized spacial score (nSPS) is 11.9. The van der Waals surface area contributed by atoms with Gasteiger partial charge < -0.3 is 19.7 Å². The zero-order valence-corrected chi connectivity index (χ0v) is 16.5. The van der Waals surface area contributed by atoms with Crippen molar-refractivity contribution in [3.63, 3.8) is 0 Å². The first-order valence-electron chi connectivity index (χ1n) is 8.38. The lowest BCUT2D eigenvalue weighted by atomic mass is 10.0. The first-order chi connectivity index (χ1) is 12.5. The van der Waals surface area contributed by atoms with Gasteiger partial charge in [0.25, 0.3) is 0 Å². The smallest absolute Gasteiger partial charge is 0.230 e. The third kappa shape index (κ3) is 5.68. The van der Waals surface area contributed by atoms with Gasteiger partial charge in [-0.25, -0.2) is 0 Å². The molecule has 0 saturated heterocycles. The van der Waals surface area contributed by atoms with Gasteiger partial charge >= 0.3 is 0 Å². The van der Waals surface area contributed by atoms with Crippen LogP contribution < -0.4 is 14.8 Å². The number of amides is 1. The molecule has 0 aliphatic heterocycles. The van der Waals surface area contributed by atoms with E-state index in [1.165, 1.54) is 11.8 Å². The summed E-state index contributed by atoms with van der Waals surface area (Å²) in [6.07, 6.45) is 0. The van der Waals surface area contributed by atoms with E-state index in [9.17, 15) is 4.79 Å². The Hall–Kier alpha value is -2.18. The SMILES string of the molecule is COc1ccc(SCC(=O)NCC(c2ccccc2OC)N(C)C)cc1. The summed E-state index contributed by atoms with van der Waals surface area (Å²) in [6.45, 7) is 0.523. The molecule has 1 N–H and O–H groups in total. The summed E-state index contributed by atoms with van der Waals surface area (Å²) >= 11 is 1.51. The number of hydrogen-bond donors (Lipinski definition) is 1. The van der Waals surface area contributed by atoms with Gasteiger partial charge in [-0.15, -0.1) is 11.8 Å². The average molecular weight is 375 g/mol. The third-order valence-electron chi connectivity index (χ3n) is 4.04. The lowest BCUT2D eigenvalue weighted by Gasteiger charge is -2.26. The maximum Gasteiger partial charge on any atom is 0.230 e. The lowest BCUT2D eigenvalue weighted by molar-refractivity contribution is -0.118. The minimum Gasteiger partial charge on any atom is -0.497 e. The van der Waals surface area contributed by atoms with Crippen LogP contribution in [0.15, 0.2) is 53.4 Å². The summed E-state index contributed by atoms with van der Waals surface area (Å²) in [5.74, 6) is 2.02. The van der Waals surface area contributed by atoms with Gasteiger partial charge in [0, 0.05) is 17.0 Å². The molecule has 0 aliphatic carbocycles. The number of nitrogens with zero attached hydrogens (tertiary/aromatic N) is 1. The highest BCUT2D eigenvalue weighted by molar-refractivity contribution is 8.00. The van der Waals surface area contributed by atoms with Crippen LogP contribution in [0.4, 0.5) is 0 Å². The molecule has 26 heavy (non-hydrogen) atoms. The summed E-state index contributed by atoms with van der Waals surface area (Å²) in [6, 6.07) is 15.6. The lowest BCUT2D eigenvalue weighted by Crippen LogP contribution is -2.35. The van der Waals surface area contributed by atoms with Crippen LogP contribution in [0.3, 0.4) is 0 Å². The second-order valence-corrected chi connectivity index (χ2v) is 7.04. The van der Waals surface area contributed by atoms with Crippen molar-refractivity contribution in [2.75, 3.05) is 40.6 Å². The Morgan fingerprint density at radius 3 is 2.38 bits per heavy atom. The van der Waals surface area contributed by atoms with Crippen molar-refractivity contribution in [3.8, 4) is 11.5 Å². The second kappa shape index (κ2) is 10.1. The molecule has 2 rings (SSSR count). The van der Waals surface area contributed by atoms with Crippen LogP contribution in [-0.4, -0.2) is 51.4 Å². The van der Waals surface area contributed by atoms with Gasteiger partial charge in [-0.1, -0.05) is 18.2 Å². The van der Waals surface area contributed by atoms with Crippen LogP contribution in [0.25, 0.3) is 0 Å². The summed E-state index contributed by atoms with van der Waals surface area (Å²) in [5.41, 5.74) is 1.06. The number of carbonyl (C=O) groups is 1. The first kappa shape index (κ1) is 20.1. The van der Waals surface area contributed by atoms with Crippen molar-refractivity contribution in [2.45, 2.75) is 10.9 Å². The van der Waals surface area contributed by atoms with Crippen molar-refractivity contribution in [3.05, 3.63) is 54.1 Å². The largest absolute Gasteiger partial charge is 0.497 e. The van der Waals surface area contributed by atoms with Crippen LogP contribution in [0.5, 0.6) is 11.5 Å². The Morgan fingerprint density at radius 2 is 1.77 bits per heavy atom. The number of nitrogens with one attached hydrogen (secondary N) is 1. The van der Waals surface area contributed by atoms with E-state index in [-0.39, 0.29) is 11.9 Å². The Morgan fingerprint density at radius 1 is 1.08 bits per heavy atom. The summed E-state index contributed by atoms with van der Waals surface area (Å²) in [4.78, 5) is 15.4. The molecule has 0 spiro atoms. The fourth-order valence-electron chi connectivity index (χ4n) is 2.59. The summed E-state index contributed by atoms with van der Waals surface area (Å²) in [5, 5.41) is 3.03. The van der Waals surface area contributed by atoms with E-state index in [4.69, 9.17) is 9.47 Å². The van der Waals surface area contributed by atoms with Crippen molar-refractivity contribution >= 4 is 17.7 Å². The number of benzene rings is 2. The number of hydrogen-bond acceptors (Lipinski definition) is 5. The molecule has 0 heterocycles. The zero-order valence-electron chi connectivity index (χ0n) is 15.7. The number of para-hydroxylation sites is 1. The molecule has 2 aromatic rings. The Balaban J connectivity index is 1.90. The highest BCUT2D eigenvalue weighted by Crippen LogP contribution is 2.27. The molecular weight excluding hydrogens is 348 g/mol. The number of thioether (sulfide) groups is 1. The molecule has 1 amide bonds. The molecule has 6 heteroatoms. The molecule has 0 radical (unpaired) electrons. The number of ether oxygens (including phenoxy) is 2. The van der Waals surface area contributed by atoms with Gasteiger partial charge in [-0.2, -0.15) is 0 Å². The van der Waals surface area contributed by atoms with Gasteiger partial charge in [0.15, 0.2) is 0 Å². The van der Waals surface area contributed by atoms with E-state index in [2.05, 4.69) is 10.2 Å². The molecular formula is C20H26N2O3S. The standard InChI is InChI=1S/C20H26N2O3S/c1-22(2)18(17-7-5-6-8-19(17)25-4)13-21-20(23)14-26-16-11-9-15(24-3)10-12-16/h5-12,18H,13-14H2,1-4H3,(H,21,23). The van der Waals surface area contributed by atoms with E-state index in [0.717, 1.165) is 22.0 Å². The average Bonchev–Trinajstić information content (AvgIpc) is 2.67. The molecule has 0 aromatic heterocycles. The van der Waals surface area contributed by atoms with Gasteiger partial charge in [-0.05, 0) is 44.4 Å². The molecule has 0 bridgehead atoms. The summed E-state index contributed by atoms with van der Waals surface area (Å²) in [7, 11) is 7.29. The van der Waals surface area contributed by atoms with Gasteiger partial charge in [0.2, 0.25) is 5.91 Å². The van der Waals surface area contributed by atoms with Gasteiger partial charge in [0.1, 0.15) is 11.5 Å². The molecule has 1 atom stereocenters.